The summed E-state index contributed by atoms with van der Waals surface area (Å²) < 4.78 is 0. The van der Waals surface area contributed by atoms with E-state index in [9.17, 15) is 0 Å². The number of benzene rings is 1. The van der Waals surface area contributed by atoms with Crippen LogP contribution in [0.5, 0.6) is 0 Å². The largest absolute Gasteiger partial charge is 0.401 e. The number of allylic oxidation sites excluding steroid dienone is 4. The Kier molecular flexibility index (Phi) is 29.1. The van der Waals surface area contributed by atoms with Crippen molar-refractivity contribution >= 4 is 11.3 Å². The number of aryl methyl sites for hydroxylation is 1. The fourth-order valence-electron chi connectivity index (χ4n) is 9.22. The molecule has 2 rings (SSSR count). The highest BCUT2D eigenvalue weighted by atomic mass is 14.7. The van der Waals surface area contributed by atoms with E-state index in [-0.39, 0.29) is 5.41 Å². The number of hydrogen-bond acceptors (Lipinski definition) is 2. The standard InChI is InChI=1S/C52H94N2/c1-5-9-13-17-21-25-29-33-37-47-43-46(39-40-50(47)53)49-44-48(38-34-30-26-22-18-14-10-6-2)51(54)52(45-49,41-35-31-27-23-19-15-11-7-3)42-36-32-28-24-20-16-12-8-4/h39-40,43-44H,5-38,41-42,45,53-54H2,1-4H3. The zero-order chi connectivity index (χ0) is 39.0. The van der Waals surface area contributed by atoms with Gasteiger partial charge in [0.15, 0.2) is 0 Å². The molecular weight excluding hydrogens is 653 g/mol. The molecule has 0 spiro atoms. The Hall–Kier alpha value is -1.70. The van der Waals surface area contributed by atoms with Gasteiger partial charge in [-0.15, -0.1) is 0 Å². The molecule has 54 heavy (non-hydrogen) atoms. The van der Waals surface area contributed by atoms with Crippen LogP contribution in [0.15, 0.2) is 35.5 Å². The number of nitrogen functional groups attached to an aromatic ring is 1. The van der Waals surface area contributed by atoms with Crippen molar-refractivity contribution in [2.24, 2.45) is 11.1 Å². The molecule has 0 saturated heterocycles. The van der Waals surface area contributed by atoms with Gasteiger partial charge in [-0.3, -0.25) is 0 Å². The van der Waals surface area contributed by atoms with Gasteiger partial charge in [0.1, 0.15) is 0 Å². The number of rotatable bonds is 37. The van der Waals surface area contributed by atoms with Gasteiger partial charge in [0.25, 0.3) is 0 Å². The van der Waals surface area contributed by atoms with Crippen molar-refractivity contribution in [1.82, 2.24) is 0 Å². The lowest BCUT2D eigenvalue weighted by molar-refractivity contribution is 0.273. The Balaban J connectivity index is 2.24. The summed E-state index contributed by atoms with van der Waals surface area (Å²) in [6.45, 7) is 9.26. The molecule has 2 heteroatoms. The molecule has 1 aromatic rings. The molecule has 0 unspecified atom stereocenters. The molecule has 0 radical (unpaired) electrons. The first kappa shape index (κ1) is 48.4. The van der Waals surface area contributed by atoms with Gasteiger partial charge < -0.3 is 11.5 Å². The predicted molar refractivity (Wildman–Crippen MR) is 245 cm³/mol. The van der Waals surface area contributed by atoms with E-state index in [4.69, 9.17) is 11.5 Å². The topological polar surface area (TPSA) is 52.0 Å². The van der Waals surface area contributed by atoms with Gasteiger partial charge >= 0.3 is 0 Å². The fourth-order valence-corrected chi connectivity index (χ4v) is 9.22. The smallest absolute Gasteiger partial charge is 0.0346 e. The molecule has 1 aliphatic carbocycles. The average molecular weight is 747 g/mol. The summed E-state index contributed by atoms with van der Waals surface area (Å²) in [6, 6.07) is 7.04. The Morgan fingerprint density at radius 1 is 0.444 bits per heavy atom. The molecule has 1 aromatic carbocycles. The lowest BCUT2D eigenvalue weighted by atomic mass is 9.66. The van der Waals surface area contributed by atoms with Crippen LogP contribution in [-0.2, 0) is 6.42 Å². The van der Waals surface area contributed by atoms with Crippen LogP contribution in [0.25, 0.3) is 5.57 Å². The third-order valence-corrected chi connectivity index (χ3v) is 12.9. The van der Waals surface area contributed by atoms with Gasteiger partial charge in [0.05, 0.1) is 0 Å². The number of hydrogen-bond donors (Lipinski definition) is 2. The van der Waals surface area contributed by atoms with Gasteiger partial charge in [0.2, 0.25) is 0 Å². The molecule has 0 fully saturated rings. The lowest BCUT2D eigenvalue weighted by Gasteiger charge is -2.40. The third kappa shape index (κ3) is 21.0. The van der Waals surface area contributed by atoms with Crippen molar-refractivity contribution in [3.8, 4) is 0 Å². The molecule has 0 saturated carbocycles. The van der Waals surface area contributed by atoms with E-state index in [0.29, 0.717) is 0 Å². The molecule has 0 bridgehead atoms. The van der Waals surface area contributed by atoms with Crippen molar-refractivity contribution in [1.29, 1.82) is 0 Å². The van der Waals surface area contributed by atoms with Crippen LogP contribution in [0.1, 0.15) is 270 Å². The molecule has 0 aromatic heterocycles. The summed E-state index contributed by atoms with van der Waals surface area (Å²) in [5.41, 5.74) is 22.3. The van der Waals surface area contributed by atoms with Crippen molar-refractivity contribution in [3.05, 3.63) is 46.7 Å². The first-order chi connectivity index (χ1) is 26.5. The highest BCUT2D eigenvalue weighted by Crippen LogP contribution is 2.50. The van der Waals surface area contributed by atoms with Gasteiger partial charge in [-0.2, -0.15) is 0 Å². The first-order valence-corrected chi connectivity index (χ1v) is 24.6. The van der Waals surface area contributed by atoms with E-state index >= 15 is 0 Å². The molecule has 4 N–H and O–H groups in total. The second-order valence-corrected chi connectivity index (χ2v) is 17.9. The maximum atomic E-state index is 7.49. The maximum absolute atomic E-state index is 7.49. The Morgan fingerprint density at radius 2 is 0.815 bits per heavy atom. The van der Waals surface area contributed by atoms with Crippen LogP contribution in [0.4, 0.5) is 5.69 Å². The van der Waals surface area contributed by atoms with E-state index < -0.39 is 0 Å². The fraction of sp³-hybridized carbons (Fsp3) is 0.808. The summed E-state index contributed by atoms with van der Waals surface area (Å²) in [5.74, 6) is 0. The molecule has 0 amide bonds. The zero-order valence-corrected chi connectivity index (χ0v) is 37.1. The second kappa shape index (κ2) is 32.4. The second-order valence-electron chi connectivity index (χ2n) is 17.9. The molecule has 0 heterocycles. The highest BCUT2D eigenvalue weighted by Gasteiger charge is 2.37. The molecular formula is C52H94N2. The van der Waals surface area contributed by atoms with Crippen LogP contribution < -0.4 is 11.5 Å². The normalized spacial score (nSPS) is 14.3. The van der Waals surface area contributed by atoms with Crippen molar-refractivity contribution in [3.63, 3.8) is 0 Å². The number of anilines is 1. The number of unbranched alkanes of at least 4 members (excludes halogenated alkanes) is 28. The van der Waals surface area contributed by atoms with Crippen molar-refractivity contribution in [2.75, 3.05) is 5.73 Å². The summed E-state index contributed by atoms with van der Waals surface area (Å²) in [4.78, 5) is 0. The van der Waals surface area contributed by atoms with Crippen LogP contribution in [0, 0.1) is 5.41 Å². The quantitative estimate of drug-likeness (QED) is 0.0526. The number of nitrogens with two attached hydrogens (primary N) is 2. The minimum absolute atomic E-state index is 0.101. The average Bonchev–Trinajstić information content (AvgIpc) is 3.18. The van der Waals surface area contributed by atoms with Crippen LogP contribution >= 0.6 is 0 Å². The van der Waals surface area contributed by atoms with Gasteiger partial charge in [-0.05, 0) is 79.4 Å². The molecule has 2 nitrogen and oxygen atoms in total. The van der Waals surface area contributed by atoms with E-state index in [1.165, 1.54) is 246 Å². The van der Waals surface area contributed by atoms with Crippen LogP contribution in [0.3, 0.4) is 0 Å². The minimum Gasteiger partial charge on any atom is -0.401 e. The molecule has 0 atom stereocenters. The molecule has 0 aliphatic heterocycles. The first-order valence-electron chi connectivity index (χ1n) is 24.6. The van der Waals surface area contributed by atoms with E-state index in [2.05, 4.69) is 52.0 Å². The highest BCUT2D eigenvalue weighted by molar-refractivity contribution is 5.73. The SMILES string of the molecule is CCCCCCCCCCC1=C(N)C(CCCCCCCCCC)(CCCCCCCCCC)CC(c2ccc(N)c(CCCCCCCCCC)c2)=C1. The minimum atomic E-state index is 0.101. The summed E-state index contributed by atoms with van der Waals surface area (Å²) in [6.07, 6.45) is 52.2. The van der Waals surface area contributed by atoms with Gasteiger partial charge in [0, 0.05) is 16.8 Å². The van der Waals surface area contributed by atoms with E-state index in [0.717, 1.165) is 24.9 Å². The predicted octanol–water partition coefficient (Wildman–Crippen LogP) is 17.5. The summed E-state index contributed by atoms with van der Waals surface area (Å²) in [7, 11) is 0. The third-order valence-electron chi connectivity index (χ3n) is 12.9. The van der Waals surface area contributed by atoms with E-state index in [1.54, 1.807) is 0 Å². The maximum Gasteiger partial charge on any atom is 0.0346 e. The Bertz CT molecular complexity index is 1080. The van der Waals surface area contributed by atoms with Gasteiger partial charge in [-0.25, -0.2) is 0 Å². The molecule has 1 aliphatic rings. The van der Waals surface area contributed by atoms with Crippen molar-refractivity contribution in [2.45, 2.75) is 265 Å². The van der Waals surface area contributed by atoms with E-state index in [1.807, 2.05) is 0 Å². The Labute approximate surface area is 339 Å². The monoisotopic (exact) mass is 747 g/mol. The van der Waals surface area contributed by atoms with Crippen molar-refractivity contribution < 1.29 is 0 Å². The molecule has 312 valence electrons. The zero-order valence-electron chi connectivity index (χ0n) is 37.1. The van der Waals surface area contributed by atoms with Crippen LogP contribution in [0.2, 0.25) is 0 Å². The lowest BCUT2D eigenvalue weighted by Crippen LogP contribution is -2.32. The summed E-state index contributed by atoms with van der Waals surface area (Å²) in [5, 5.41) is 0. The van der Waals surface area contributed by atoms with Gasteiger partial charge in [-0.1, -0.05) is 232 Å². The Morgan fingerprint density at radius 3 is 1.24 bits per heavy atom. The van der Waals surface area contributed by atoms with Crippen LogP contribution in [-0.4, -0.2) is 0 Å². The summed E-state index contributed by atoms with van der Waals surface area (Å²) >= 11 is 0.